The Hall–Kier alpha value is -0.188. The summed E-state index contributed by atoms with van der Waals surface area (Å²) in [6.07, 6.45) is 3.25. The van der Waals surface area contributed by atoms with E-state index < -0.39 is 0 Å². The molecule has 1 aromatic heterocycles. The predicted molar refractivity (Wildman–Crippen MR) is 24.5 cm³/mol. The molecule has 0 aliphatic heterocycles. The van der Waals surface area contributed by atoms with Gasteiger partial charge in [0.15, 0.2) is 0 Å². The summed E-state index contributed by atoms with van der Waals surface area (Å²) in [4.78, 5) is 0. The summed E-state index contributed by atoms with van der Waals surface area (Å²) in [5.41, 5.74) is 0. The Morgan fingerprint density at radius 3 is 1.67 bits per heavy atom. The molecule has 0 fully saturated rings. The molecule has 0 saturated heterocycles. The molecule has 3 radical (unpaired) electrons. The third-order valence-electron chi connectivity index (χ3n) is 0.425. The van der Waals surface area contributed by atoms with Crippen molar-refractivity contribution in [3.05, 3.63) is 24.7 Å². The highest BCUT2D eigenvalue weighted by atomic mass is 27.0. The van der Waals surface area contributed by atoms with Crippen LogP contribution in [0.4, 0.5) is 0 Å². The van der Waals surface area contributed by atoms with E-state index in [9.17, 15) is 0 Å². The zero-order valence-electron chi connectivity index (χ0n) is 3.29. The molecule has 6 heavy (non-hydrogen) atoms. The second-order valence-corrected chi connectivity index (χ2v) is 0.793. The van der Waals surface area contributed by atoms with Crippen molar-refractivity contribution in [2.24, 2.45) is 0 Å². The summed E-state index contributed by atoms with van der Waals surface area (Å²) in [6.45, 7) is 0. The summed E-state index contributed by atoms with van der Waals surface area (Å²) in [5, 5.41) is 0. The highest BCUT2D eigenvalue weighted by Gasteiger charge is 1.58. The Labute approximate surface area is 47.1 Å². The van der Waals surface area contributed by atoms with Crippen LogP contribution < -0.4 is 0 Å². The fourth-order valence-electron chi connectivity index (χ4n) is 0.227. The van der Waals surface area contributed by atoms with Gasteiger partial charge in [-0.3, -0.25) is 0 Å². The van der Waals surface area contributed by atoms with Crippen LogP contribution in [0.2, 0.25) is 0 Å². The van der Waals surface area contributed by atoms with Gasteiger partial charge < -0.3 is 4.42 Å². The molecule has 0 atom stereocenters. The van der Waals surface area contributed by atoms with Gasteiger partial charge in [0.05, 0.1) is 12.5 Å². The molecule has 0 unspecified atom stereocenters. The van der Waals surface area contributed by atoms with Crippen molar-refractivity contribution in [1.29, 1.82) is 0 Å². The average Bonchev–Trinajstić information content (AvgIpc) is 1.76. The van der Waals surface area contributed by atoms with Gasteiger partial charge in [0.2, 0.25) is 0 Å². The summed E-state index contributed by atoms with van der Waals surface area (Å²) in [5.74, 6) is 0. The maximum Gasteiger partial charge on any atom is 0.0902 e. The van der Waals surface area contributed by atoms with Gasteiger partial charge in [0, 0.05) is 17.4 Å². The first-order chi connectivity index (χ1) is 2.50. The van der Waals surface area contributed by atoms with E-state index in [2.05, 4.69) is 4.42 Å². The van der Waals surface area contributed by atoms with Crippen molar-refractivity contribution in [3.8, 4) is 0 Å². The number of furan rings is 1. The molecule has 0 aliphatic carbocycles. The van der Waals surface area contributed by atoms with Gasteiger partial charge in [-0.05, 0) is 12.1 Å². The zero-order valence-corrected chi connectivity index (χ0v) is 4.45. The average molecular weight is 95.1 g/mol. The maximum absolute atomic E-state index is 4.58. The van der Waals surface area contributed by atoms with Crippen molar-refractivity contribution < 1.29 is 4.42 Å². The Bertz CT molecular complexity index is 64.0. The molecule has 1 nitrogen and oxygen atoms in total. The highest BCUT2D eigenvalue weighted by Crippen LogP contribution is 1.79. The highest BCUT2D eigenvalue weighted by molar-refractivity contribution is 5.75. The molecule has 0 spiro atoms. The fraction of sp³-hybridized carbons (Fsp3) is 0. The molecule has 1 aromatic rings. The van der Waals surface area contributed by atoms with Crippen LogP contribution in [0.1, 0.15) is 0 Å². The molecule has 1 rings (SSSR count). The van der Waals surface area contributed by atoms with Crippen LogP contribution in [0.5, 0.6) is 0 Å². The second kappa shape index (κ2) is 3.02. The lowest BCUT2D eigenvalue weighted by Crippen LogP contribution is -1.16. The Morgan fingerprint density at radius 1 is 1.00 bits per heavy atom. The molecule has 0 N–H and O–H groups in total. The molecular weight excluding hydrogens is 91.0 g/mol. The molecule has 2 heteroatoms. The standard InChI is InChI=1S/C4H4O.Al/c1-2-4-5-3-1;/h1-4H;. The van der Waals surface area contributed by atoms with E-state index in [-0.39, 0.29) is 17.4 Å². The van der Waals surface area contributed by atoms with Crippen molar-refractivity contribution in [1.82, 2.24) is 0 Å². The smallest absolute Gasteiger partial charge is 0.0902 e. The molecular formula is C4H4AlO. The van der Waals surface area contributed by atoms with Gasteiger partial charge >= 0.3 is 0 Å². The van der Waals surface area contributed by atoms with Crippen LogP contribution in [0.25, 0.3) is 0 Å². The molecule has 0 bridgehead atoms. The van der Waals surface area contributed by atoms with E-state index in [0.717, 1.165) is 0 Å². The van der Waals surface area contributed by atoms with Crippen molar-refractivity contribution in [2.45, 2.75) is 0 Å². The van der Waals surface area contributed by atoms with Crippen LogP contribution in [0.3, 0.4) is 0 Å². The van der Waals surface area contributed by atoms with E-state index in [1.807, 2.05) is 12.1 Å². The van der Waals surface area contributed by atoms with E-state index in [1.165, 1.54) is 0 Å². The van der Waals surface area contributed by atoms with Gasteiger partial charge in [-0.25, -0.2) is 0 Å². The van der Waals surface area contributed by atoms with Gasteiger partial charge in [-0.2, -0.15) is 0 Å². The van der Waals surface area contributed by atoms with E-state index in [0.29, 0.717) is 0 Å². The molecule has 0 saturated carbocycles. The normalized spacial score (nSPS) is 6.67. The van der Waals surface area contributed by atoms with E-state index in [4.69, 9.17) is 0 Å². The summed E-state index contributed by atoms with van der Waals surface area (Å²) >= 11 is 0. The van der Waals surface area contributed by atoms with Gasteiger partial charge in [-0.15, -0.1) is 0 Å². The van der Waals surface area contributed by atoms with E-state index >= 15 is 0 Å². The minimum absolute atomic E-state index is 0. The zero-order chi connectivity index (χ0) is 3.54. The molecule has 0 aliphatic rings. The number of rotatable bonds is 0. The first-order valence-electron chi connectivity index (χ1n) is 1.47. The fourth-order valence-corrected chi connectivity index (χ4v) is 0.227. The van der Waals surface area contributed by atoms with Crippen LogP contribution in [-0.4, -0.2) is 17.4 Å². The first-order valence-corrected chi connectivity index (χ1v) is 1.47. The topological polar surface area (TPSA) is 13.1 Å². The molecule has 29 valence electrons. The van der Waals surface area contributed by atoms with Crippen LogP contribution in [0.15, 0.2) is 29.1 Å². The molecule has 1 heterocycles. The van der Waals surface area contributed by atoms with Gasteiger partial charge in [-0.1, -0.05) is 0 Å². The van der Waals surface area contributed by atoms with Crippen molar-refractivity contribution >= 4 is 17.4 Å². The van der Waals surface area contributed by atoms with Crippen LogP contribution in [0, 0.1) is 0 Å². The first kappa shape index (κ1) is 5.81. The lowest BCUT2D eigenvalue weighted by Gasteiger charge is -1.50. The third-order valence-corrected chi connectivity index (χ3v) is 0.425. The van der Waals surface area contributed by atoms with Crippen LogP contribution in [-0.2, 0) is 0 Å². The van der Waals surface area contributed by atoms with Crippen LogP contribution >= 0.6 is 0 Å². The molecule has 0 amide bonds. The predicted octanol–water partition coefficient (Wildman–Crippen LogP) is 0.899. The van der Waals surface area contributed by atoms with Crippen molar-refractivity contribution in [3.63, 3.8) is 0 Å². The van der Waals surface area contributed by atoms with Gasteiger partial charge in [0.25, 0.3) is 0 Å². The second-order valence-electron chi connectivity index (χ2n) is 0.793. The minimum Gasteiger partial charge on any atom is -0.473 e. The molecule has 0 aromatic carbocycles. The van der Waals surface area contributed by atoms with E-state index in [1.54, 1.807) is 12.5 Å². The third kappa shape index (κ3) is 1.30. The Kier molecular flexibility index (Phi) is 2.93. The largest absolute Gasteiger partial charge is 0.473 e. The Morgan fingerprint density at radius 2 is 1.50 bits per heavy atom. The maximum atomic E-state index is 4.58. The quantitative estimate of drug-likeness (QED) is 0.436. The number of hydrogen-bond donors (Lipinski definition) is 0. The lowest BCUT2D eigenvalue weighted by molar-refractivity contribution is 0.567. The van der Waals surface area contributed by atoms with Crippen molar-refractivity contribution in [2.75, 3.05) is 0 Å². The van der Waals surface area contributed by atoms with Gasteiger partial charge in [0.1, 0.15) is 0 Å². The summed E-state index contributed by atoms with van der Waals surface area (Å²) < 4.78 is 4.58. The number of hydrogen-bond acceptors (Lipinski definition) is 1. The monoisotopic (exact) mass is 95.0 g/mol. The summed E-state index contributed by atoms with van der Waals surface area (Å²) in [6, 6.07) is 3.67. The lowest BCUT2D eigenvalue weighted by atomic mass is 10.7. The SMILES string of the molecule is [Al].c1ccoc1. The Balaban J connectivity index is 0.000000250. The minimum atomic E-state index is 0. The summed E-state index contributed by atoms with van der Waals surface area (Å²) in [7, 11) is 0.